The van der Waals surface area contributed by atoms with E-state index in [2.05, 4.69) is 51.9 Å². The first-order valence-electron chi connectivity index (χ1n) is 6.41. The van der Waals surface area contributed by atoms with Gasteiger partial charge in [-0.15, -0.1) is 22.7 Å². The molecule has 0 bridgehead atoms. The van der Waals surface area contributed by atoms with E-state index < -0.39 is 0 Å². The number of aryl methyl sites for hydroxylation is 1. The lowest BCUT2D eigenvalue weighted by atomic mass is 10.1. The van der Waals surface area contributed by atoms with Gasteiger partial charge in [0.05, 0.1) is 16.7 Å². The number of hydrogen-bond donors (Lipinski definition) is 1. The first kappa shape index (κ1) is 13.3. The fourth-order valence-corrected chi connectivity index (χ4v) is 3.29. The Morgan fingerprint density at radius 2 is 2.15 bits per heavy atom. The van der Waals surface area contributed by atoms with E-state index in [0.717, 1.165) is 27.0 Å². The lowest BCUT2D eigenvalue weighted by molar-refractivity contribution is 0.870. The van der Waals surface area contributed by atoms with Crippen molar-refractivity contribution in [2.45, 2.75) is 19.9 Å². The smallest absolute Gasteiger partial charge is 0.115 e. The molecule has 0 amide bonds. The summed E-state index contributed by atoms with van der Waals surface area (Å²) < 4.78 is 0. The molecule has 102 valence electrons. The van der Waals surface area contributed by atoms with E-state index in [0.29, 0.717) is 0 Å². The van der Waals surface area contributed by atoms with Crippen molar-refractivity contribution in [2.75, 3.05) is 5.32 Å². The molecule has 0 radical (unpaired) electrons. The van der Waals surface area contributed by atoms with Crippen molar-refractivity contribution < 1.29 is 0 Å². The van der Waals surface area contributed by atoms with Crippen LogP contribution in [0.2, 0.25) is 0 Å². The van der Waals surface area contributed by atoms with Crippen LogP contribution in [0, 0.1) is 6.92 Å². The molecule has 1 N–H and O–H groups in total. The van der Waals surface area contributed by atoms with Gasteiger partial charge < -0.3 is 5.32 Å². The summed E-state index contributed by atoms with van der Waals surface area (Å²) in [6.07, 6.45) is 1.84. The number of nitrogens with one attached hydrogen (secondary N) is 1. The standard InChI is InChI=1S/C15H15N3S2/c1-10(15-16-6-7-19-15)17-13-5-3-4-12(8-13)14-9-20-11(2)18-14/h3-10,17H,1-2H3. The van der Waals surface area contributed by atoms with E-state index in [1.165, 1.54) is 0 Å². The second-order valence-corrected chi connectivity index (χ2v) is 6.56. The average Bonchev–Trinajstić information content (AvgIpc) is 3.10. The zero-order valence-electron chi connectivity index (χ0n) is 11.3. The van der Waals surface area contributed by atoms with Gasteiger partial charge in [-0.2, -0.15) is 0 Å². The summed E-state index contributed by atoms with van der Waals surface area (Å²) in [6, 6.07) is 8.57. The van der Waals surface area contributed by atoms with Gasteiger partial charge in [0.15, 0.2) is 0 Å². The molecule has 1 atom stereocenters. The number of nitrogens with zero attached hydrogens (tertiary/aromatic N) is 2. The van der Waals surface area contributed by atoms with Gasteiger partial charge in [-0.25, -0.2) is 9.97 Å². The molecule has 1 unspecified atom stereocenters. The molecule has 0 aliphatic heterocycles. The third-order valence-electron chi connectivity index (χ3n) is 2.98. The maximum atomic E-state index is 4.53. The number of benzene rings is 1. The van der Waals surface area contributed by atoms with Crippen LogP contribution in [0.15, 0.2) is 41.2 Å². The van der Waals surface area contributed by atoms with Gasteiger partial charge in [-0.3, -0.25) is 0 Å². The summed E-state index contributed by atoms with van der Waals surface area (Å²) in [6.45, 7) is 4.15. The molecule has 5 heteroatoms. The van der Waals surface area contributed by atoms with Crippen LogP contribution in [0.1, 0.15) is 23.0 Å². The zero-order valence-corrected chi connectivity index (χ0v) is 13.0. The average molecular weight is 301 g/mol. The molecule has 3 aromatic rings. The summed E-state index contributed by atoms with van der Waals surface area (Å²) in [5, 5.41) is 9.77. The van der Waals surface area contributed by atoms with Crippen LogP contribution in [-0.4, -0.2) is 9.97 Å². The van der Waals surface area contributed by atoms with Crippen molar-refractivity contribution in [1.29, 1.82) is 0 Å². The van der Waals surface area contributed by atoms with Gasteiger partial charge in [-0.1, -0.05) is 12.1 Å². The summed E-state index contributed by atoms with van der Waals surface area (Å²) >= 11 is 3.35. The van der Waals surface area contributed by atoms with Gasteiger partial charge in [0.1, 0.15) is 5.01 Å². The molecule has 0 aliphatic carbocycles. The van der Waals surface area contributed by atoms with Crippen LogP contribution in [0.5, 0.6) is 0 Å². The van der Waals surface area contributed by atoms with Crippen LogP contribution < -0.4 is 5.32 Å². The first-order valence-corrected chi connectivity index (χ1v) is 8.17. The third-order valence-corrected chi connectivity index (χ3v) is 4.71. The normalized spacial score (nSPS) is 12.3. The summed E-state index contributed by atoms with van der Waals surface area (Å²) in [5.41, 5.74) is 3.28. The van der Waals surface area contributed by atoms with Crippen LogP contribution >= 0.6 is 22.7 Å². The number of rotatable bonds is 4. The monoisotopic (exact) mass is 301 g/mol. The molecule has 3 nitrogen and oxygen atoms in total. The van der Waals surface area contributed by atoms with Crippen molar-refractivity contribution in [3.63, 3.8) is 0 Å². The van der Waals surface area contributed by atoms with Gasteiger partial charge in [0.2, 0.25) is 0 Å². The Morgan fingerprint density at radius 3 is 2.85 bits per heavy atom. The molecule has 0 spiro atoms. The molecular formula is C15H15N3S2. The quantitative estimate of drug-likeness (QED) is 0.755. The second-order valence-electron chi connectivity index (χ2n) is 4.57. The lowest BCUT2D eigenvalue weighted by Crippen LogP contribution is -2.05. The van der Waals surface area contributed by atoms with Crippen LogP contribution in [-0.2, 0) is 0 Å². The zero-order chi connectivity index (χ0) is 13.9. The Hall–Kier alpha value is -1.72. The van der Waals surface area contributed by atoms with Gasteiger partial charge in [0.25, 0.3) is 0 Å². The van der Waals surface area contributed by atoms with Gasteiger partial charge in [0, 0.05) is 28.2 Å². The van der Waals surface area contributed by atoms with Crippen LogP contribution in [0.25, 0.3) is 11.3 Å². The van der Waals surface area contributed by atoms with E-state index in [-0.39, 0.29) is 6.04 Å². The molecule has 2 aromatic heterocycles. The Morgan fingerprint density at radius 1 is 1.25 bits per heavy atom. The predicted octanol–water partition coefficient (Wildman–Crippen LogP) is 4.75. The van der Waals surface area contributed by atoms with E-state index in [1.807, 2.05) is 18.5 Å². The summed E-state index contributed by atoms with van der Waals surface area (Å²) in [4.78, 5) is 8.87. The highest BCUT2D eigenvalue weighted by molar-refractivity contribution is 7.10. The summed E-state index contributed by atoms with van der Waals surface area (Å²) in [7, 11) is 0. The van der Waals surface area contributed by atoms with Crippen molar-refractivity contribution in [1.82, 2.24) is 9.97 Å². The Balaban J connectivity index is 1.81. The molecule has 0 fully saturated rings. The largest absolute Gasteiger partial charge is 0.376 e. The fourth-order valence-electron chi connectivity index (χ4n) is 2.02. The Bertz CT molecular complexity index is 689. The Labute approximate surface area is 126 Å². The highest BCUT2D eigenvalue weighted by Crippen LogP contribution is 2.26. The fraction of sp³-hybridized carbons (Fsp3) is 0.200. The SMILES string of the molecule is Cc1nc(-c2cccc(NC(C)c3nccs3)c2)cs1. The molecule has 0 saturated heterocycles. The molecule has 1 aromatic carbocycles. The van der Waals surface area contributed by atoms with Crippen molar-refractivity contribution in [3.8, 4) is 11.3 Å². The minimum atomic E-state index is 0.211. The van der Waals surface area contributed by atoms with E-state index in [9.17, 15) is 0 Å². The van der Waals surface area contributed by atoms with Crippen molar-refractivity contribution >= 4 is 28.4 Å². The maximum absolute atomic E-state index is 4.53. The molecule has 0 aliphatic rings. The van der Waals surface area contributed by atoms with E-state index in [1.54, 1.807) is 22.7 Å². The molecule has 20 heavy (non-hydrogen) atoms. The summed E-state index contributed by atoms with van der Waals surface area (Å²) in [5.74, 6) is 0. The number of aromatic nitrogens is 2. The van der Waals surface area contributed by atoms with Gasteiger partial charge >= 0.3 is 0 Å². The van der Waals surface area contributed by atoms with Gasteiger partial charge in [-0.05, 0) is 26.0 Å². The minimum Gasteiger partial charge on any atom is -0.376 e. The molecular weight excluding hydrogens is 286 g/mol. The first-order chi connectivity index (χ1) is 9.72. The maximum Gasteiger partial charge on any atom is 0.115 e. The molecule has 0 saturated carbocycles. The van der Waals surface area contributed by atoms with E-state index >= 15 is 0 Å². The second kappa shape index (κ2) is 5.73. The lowest BCUT2D eigenvalue weighted by Gasteiger charge is -2.13. The van der Waals surface area contributed by atoms with Crippen LogP contribution in [0.3, 0.4) is 0 Å². The highest BCUT2D eigenvalue weighted by atomic mass is 32.1. The van der Waals surface area contributed by atoms with Crippen LogP contribution in [0.4, 0.5) is 5.69 Å². The predicted molar refractivity (Wildman–Crippen MR) is 86.4 cm³/mol. The van der Waals surface area contributed by atoms with Crippen molar-refractivity contribution in [3.05, 3.63) is 51.2 Å². The van der Waals surface area contributed by atoms with Crippen molar-refractivity contribution in [2.24, 2.45) is 0 Å². The number of hydrogen-bond acceptors (Lipinski definition) is 5. The van der Waals surface area contributed by atoms with E-state index in [4.69, 9.17) is 0 Å². The number of thiazole rings is 2. The Kier molecular flexibility index (Phi) is 3.80. The molecule has 2 heterocycles. The third kappa shape index (κ3) is 2.89. The molecule has 3 rings (SSSR count). The number of anilines is 1. The topological polar surface area (TPSA) is 37.8 Å². The highest BCUT2D eigenvalue weighted by Gasteiger charge is 2.09. The minimum absolute atomic E-state index is 0.211.